The summed E-state index contributed by atoms with van der Waals surface area (Å²) >= 11 is 0. The number of amides is 1. The number of nitrogens with zero attached hydrogens (tertiary/aromatic N) is 7. The number of aryl methyl sites for hydroxylation is 2. The first-order chi connectivity index (χ1) is 18.2. The number of likely N-dealkylation sites (N-methyl/N-ethyl adjacent to an activating group) is 1. The number of phenolic OH excluding ortho intramolecular Hbond substituents is 1. The van der Waals surface area contributed by atoms with Crippen LogP contribution < -0.4 is 5.73 Å². The van der Waals surface area contributed by atoms with Gasteiger partial charge in [0.05, 0.1) is 35.9 Å². The van der Waals surface area contributed by atoms with Crippen LogP contribution in [0.2, 0.25) is 0 Å². The number of hydrogen-bond donors (Lipinski definition) is 2. The first kappa shape index (κ1) is 24.2. The summed E-state index contributed by atoms with van der Waals surface area (Å²) in [6.45, 7) is 9.11. The average Bonchev–Trinajstić information content (AvgIpc) is 3.48. The number of aromatic hydroxyl groups is 1. The molecule has 1 aromatic carbocycles. The highest BCUT2D eigenvalue weighted by atomic mass is 16.3. The zero-order chi connectivity index (χ0) is 26.7. The first-order valence-corrected chi connectivity index (χ1v) is 12.9. The van der Waals surface area contributed by atoms with E-state index in [0.717, 1.165) is 47.7 Å². The van der Waals surface area contributed by atoms with E-state index in [4.69, 9.17) is 15.7 Å². The number of phenols is 1. The largest absolute Gasteiger partial charge is 0.508 e. The highest BCUT2D eigenvalue weighted by Crippen LogP contribution is 2.37. The van der Waals surface area contributed by atoms with Crippen LogP contribution in [0.25, 0.3) is 22.4 Å². The zero-order valence-electron chi connectivity index (χ0n) is 22.2. The molecule has 0 atom stereocenters. The normalized spacial score (nSPS) is 16.1. The van der Waals surface area contributed by atoms with E-state index in [-0.39, 0.29) is 17.5 Å². The van der Waals surface area contributed by atoms with Crippen LogP contribution in [0.5, 0.6) is 5.75 Å². The summed E-state index contributed by atoms with van der Waals surface area (Å²) in [7, 11) is 2.10. The molecular weight excluding hydrogens is 480 g/mol. The number of carbonyl (C=O) groups is 1. The van der Waals surface area contributed by atoms with Gasteiger partial charge in [-0.2, -0.15) is 5.10 Å². The molecule has 0 saturated carbocycles. The number of fused-ring (bicyclic) bond motifs is 2. The third-order valence-corrected chi connectivity index (χ3v) is 7.78. The van der Waals surface area contributed by atoms with Crippen molar-refractivity contribution in [1.29, 1.82) is 0 Å². The van der Waals surface area contributed by atoms with Gasteiger partial charge in [-0.3, -0.25) is 14.0 Å². The fourth-order valence-corrected chi connectivity index (χ4v) is 5.59. The molecule has 0 saturated heterocycles. The average molecular weight is 513 g/mol. The van der Waals surface area contributed by atoms with Crippen LogP contribution in [-0.2, 0) is 13.1 Å². The second-order valence-electron chi connectivity index (χ2n) is 10.3. The van der Waals surface area contributed by atoms with Crippen molar-refractivity contribution in [1.82, 2.24) is 34.1 Å². The Bertz CT molecular complexity index is 1630. The molecule has 2 aliphatic heterocycles. The number of aromatic nitrogens is 5. The topological polar surface area (TPSA) is 118 Å². The van der Waals surface area contributed by atoms with Crippen molar-refractivity contribution < 1.29 is 9.90 Å². The Morgan fingerprint density at radius 2 is 1.89 bits per heavy atom. The predicted octanol–water partition coefficient (Wildman–Crippen LogP) is 3.20. The van der Waals surface area contributed by atoms with Crippen LogP contribution in [-0.4, -0.2) is 71.8 Å². The predicted molar refractivity (Wildman–Crippen MR) is 146 cm³/mol. The quantitative estimate of drug-likeness (QED) is 0.433. The van der Waals surface area contributed by atoms with Crippen molar-refractivity contribution in [2.24, 2.45) is 0 Å². The third kappa shape index (κ3) is 3.75. The maximum Gasteiger partial charge on any atom is 0.260 e. The van der Waals surface area contributed by atoms with Gasteiger partial charge in [-0.15, -0.1) is 0 Å². The fraction of sp³-hybridized carbons (Fsp3) is 0.357. The highest BCUT2D eigenvalue weighted by Gasteiger charge is 2.32. The molecule has 2 aliphatic rings. The number of rotatable bonds is 3. The highest BCUT2D eigenvalue weighted by molar-refractivity contribution is 6.10. The summed E-state index contributed by atoms with van der Waals surface area (Å²) in [5.74, 6) is 0.242. The van der Waals surface area contributed by atoms with Crippen molar-refractivity contribution in [3.05, 3.63) is 64.2 Å². The maximum absolute atomic E-state index is 14.1. The summed E-state index contributed by atoms with van der Waals surface area (Å²) in [6, 6.07) is 5.44. The lowest BCUT2D eigenvalue weighted by Gasteiger charge is -2.27. The van der Waals surface area contributed by atoms with Crippen molar-refractivity contribution in [2.45, 2.75) is 40.3 Å². The molecule has 0 spiro atoms. The maximum atomic E-state index is 14.1. The lowest BCUT2D eigenvalue weighted by molar-refractivity contribution is 0.0709. The van der Waals surface area contributed by atoms with E-state index in [9.17, 15) is 9.90 Å². The Morgan fingerprint density at radius 3 is 2.66 bits per heavy atom. The van der Waals surface area contributed by atoms with Crippen molar-refractivity contribution >= 4 is 28.5 Å². The smallest absolute Gasteiger partial charge is 0.260 e. The molecule has 0 radical (unpaired) electrons. The van der Waals surface area contributed by atoms with Gasteiger partial charge in [-0.25, -0.2) is 9.97 Å². The lowest BCUT2D eigenvalue weighted by atomic mass is 10.0. The molecule has 3 N–H and O–H groups in total. The van der Waals surface area contributed by atoms with Gasteiger partial charge >= 0.3 is 0 Å². The molecule has 38 heavy (non-hydrogen) atoms. The minimum absolute atomic E-state index is 0.155. The van der Waals surface area contributed by atoms with Crippen LogP contribution in [0, 0.1) is 20.8 Å². The molecule has 0 unspecified atom stereocenters. The molecule has 4 aromatic rings. The number of carbonyl (C=O) groups excluding carboxylic acids is 1. The summed E-state index contributed by atoms with van der Waals surface area (Å²) < 4.78 is 3.72. The number of benzene rings is 1. The van der Waals surface area contributed by atoms with E-state index in [0.29, 0.717) is 47.6 Å². The van der Waals surface area contributed by atoms with E-state index >= 15 is 0 Å². The molecule has 10 heteroatoms. The molecule has 1 amide bonds. The Balaban J connectivity index is 1.58. The van der Waals surface area contributed by atoms with Gasteiger partial charge in [0, 0.05) is 31.4 Å². The summed E-state index contributed by atoms with van der Waals surface area (Å²) in [5.41, 5.74) is 14.2. The van der Waals surface area contributed by atoms with E-state index in [2.05, 4.69) is 23.1 Å². The Labute approximate surface area is 221 Å². The number of nitrogen functional groups attached to an aromatic ring is 1. The van der Waals surface area contributed by atoms with E-state index in [1.54, 1.807) is 21.7 Å². The monoisotopic (exact) mass is 512 g/mol. The van der Waals surface area contributed by atoms with Crippen LogP contribution in [0.15, 0.2) is 30.5 Å². The Morgan fingerprint density at radius 1 is 1.08 bits per heavy atom. The van der Waals surface area contributed by atoms with Crippen LogP contribution >= 0.6 is 0 Å². The Hall–Kier alpha value is -4.18. The van der Waals surface area contributed by atoms with Gasteiger partial charge < -0.3 is 20.6 Å². The lowest BCUT2D eigenvalue weighted by Crippen LogP contribution is -2.38. The molecular formula is C28H32N8O2. The van der Waals surface area contributed by atoms with Crippen LogP contribution in [0.1, 0.15) is 45.0 Å². The van der Waals surface area contributed by atoms with Gasteiger partial charge in [0.1, 0.15) is 22.6 Å². The van der Waals surface area contributed by atoms with Gasteiger partial charge in [-0.05, 0) is 57.5 Å². The zero-order valence-corrected chi connectivity index (χ0v) is 22.2. The van der Waals surface area contributed by atoms with Crippen molar-refractivity contribution in [2.75, 3.05) is 32.4 Å². The molecule has 6 rings (SSSR count). The second kappa shape index (κ2) is 8.98. The molecule has 0 fully saturated rings. The number of anilines is 1. The molecule has 10 nitrogen and oxygen atoms in total. The molecule has 0 aliphatic carbocycles. The minimum Gasteiger partial charge on any atom is -0.508 e. The molecule has 0 bridgehead atoms. The van der Waals surface area contributed by atoms with Gasteiger partial charge in [-0.1, -0.05) is 12.1 Å². The van der Waals surface area contributed by atoms with Crippen LogP contribution in [0.4, 0.5) is 5.82 Å². The van der Waals surface area contributed by atoms with E-state index in [1.807, 2.05) is 37.6 Å². The molecule has 3 aromatic heterocycles. The van der Waals surface area contributed by atoms with Gasteiger partial charge in [0.2, 0.25) is 0 Å². The van der Waals surface area contributed by atoms with Gasteiger partial charge in [0.15, 0.2) is 5.65 Å². The molecule has 5 heterocycles. The van der Waals surface area contributed by atoms with Crippen LogP contribution in [0.3, 0.4) is 0 Å². The van der Waals surface area contributed by atoms with Crippen molar-refractivity contribution in [3.63, 3.8) is 0 Å². The summed E-state index contributed by atoms with van der Waals surface area (Å²) in [4.78, 5) is 28.2. The summed E-state index contributed by atoms with van der Waals surface area (Å²) in [6.07, 6.45) is 4.81. The first-order valence-electron chi connectivity index (χ1n) is 12.9. The van der Waals surface area contributed by atoms with Crippen molar-refractivity contribution in [3.8, 4) is 11.4 Å². The van der Waals surface area contributed by atoms with E-state index in [1.165, 1.54) is 0 Å². The minimum atomic E-state index is -0.186. The second-order valence-corrected chi connectivity index (χ2v) is 10.3. The number of hydrogen-bond acceptors (Lipinski definition) is 7. The third-order valence-electron chi connectivity index (χ3n) is 7.78. The number of nitrogens with two attached hydrogens (primary N) is 1. The van der Waals surface area contributed by atoms with Gasteiger partial charge in [0.25, 0.3) is 5.91 Å². The Kier molecular flexibility index (Phi) is 5.71. The molecule has 196 valence electrons. The fourth-order valence-electron chi connectivity index (χ4n) is 5.59. The van der Waals surface area contributed by atoms with E-state index < -0.39 is 0 Å². The SMILES string of the molecule is Cc1ccc(O)c(C)c1-n1c(N)c(C(=O)N2CCn3nccc3C2)c2nc(C)c(C3=CCN(C)CC3)nc21. The standard InChI is InChI=1S/C28H32N8O2/c1-16-5-6-21(37)17(2)25(16)36-26(29)22(28(38)34-13-14-35-20(15-34)7-10-30-35)24-27(36)32-23(18(3)31-24)19-8-11-33(4)12-9-19/h5-8,10,37H,9,11-15,29H2,1-4H3. The summed E-state index contributed by atoms with van der Waals surface area (Å²) in [5, 5.41) is 14.9.